The Balaban J connectivity index is 1.67. The van der Waals surface area contributed by atoms with Crippen LogP contribution in [0.3, 0.4) is 0 Å². The standard InChI is InChI=1S/C16H17NO2/c1-10-7-12-13(8-10)15(18)17-14(12)9-19-16(17)11-5-3-2-4-6-11/h2-6,12-14,16H,1,7-9H2/t12-,13?,14?,16?/m0/s1. The van der Waals surface area contributed by atoms with Crippen molar-refractivity contribution in [3.05, 3.63) is 48.0 Å². The molecule has 98 valence electrons. The second-order valence-corrected chi connectivity index (χ2v) is 5.84. The monoisotopic (exact) mass is 255 g/mol. The minimum absolute atomic E-state index is 0.160. The molecule has 0 aromatic heterocycles. The average molecular weight is 255 g/mol. The first kappa shape index (κ1) is 11.2. The molecule has 0 bridgehead atoms. The topological polar surface area (TPSA) is 29.5 Å². The summed E-state index contributed by atoms with van der Waals surface area (Å²) in [6.07, 6.45) is 1.68. The van der Waals surface area contributed by atoms with Gasteiger partial charge in [0.25, 0.3) is 0 Å². The fourth-order valence-corrected chi connectivity index (χ4v) is 3.90. The van der Waals surface area contributed by atoms with Gasteiger partial charge in [-0.2, -0.15) is 0 Å². The second-order valence-electron chi connectivity index (χ2n) is 5.84. The van der Waals surface area contributed by atoms with Crippen LogP contribution in [0, 0.1) is 11.8 Å². The number of ether oxygens (including phenoxy) is 1. The SMILES string of the molecule is C=C1CC2C(=O)N3C(c4ccccc4)OCC3[C@H]2C1. The Kier molecular flexibility index (Phi) is 2.33. The number of hydrogen-bond donors (Lipinski definition) is 0. The molecule has 3 unspecified atom stereocenters. The van der Waals surface area contributed by atoms with Crippen LogP contribution in [-0.4, -0.2) is 23.5 Å². The van der Waals surface area contributed by atoms with E-state index >= 15 is 0 Å². The number of benzene rings is 1. The normalized spacial score (nSPS) is 36.7. The van der Waals surface area contributed by atoms with Crippen molar-refractivity contribution in [2.24, 2.45) is 11.8 Å². The number of nitrogens with zero attached hydrogens (tertiary/aromatic N) is 1. The summed E-state index contributed by atoms with van der Waals surface area (Å²) in [7, 11) is 0. The Morgan fingerprint density at radius 2 is 2.00 bits per heavy atom. The fraction of sp³-hybridized carbons (Fsp3) is 0.438. The molecule has 4 rings (SSSR count). The van der Waals surface area contributed by atoms with Gasteiger partial charge in [0, 0.05) is 11.5 Å². The lowest BCUT2D eigenvalue weighted by atomic mass is 9.94. The van der Waals surface area contributed by atoms with E-state index < -0.39 is 0 Å². The van der Waals surface area contributed by atoms with E-state index in [-0.39, 0.29) is 24.1 Å². The average Bonchev–Trinajstić information content (AvgIpc) is 3.06. The molecule has 1 aliphatic carbocycles. The maximum Gasteiger partial charge on any atom is 0.229 e. The van der Waals surface area contributed by atoms with Crippen molar-refractivity contribution >= 4 is 5.91 Å². The van der Waals surface area contributed by atoms with Crippen LogP contribution < -0.4 is 0 Å². The first-order chi connectivity index (χ1) is 9.25. The predicted molar refractivity (Wildman–Crippen MR) is 71.1 cm³/mol. The van der Waals surface area contributed by atoms with Gasteiger partial charge >= 0.3 is 0 Å². The zero-order valence-electron chi connectivity index (χ0n) is 10.8. The van der Waals surface area contributed by atoms with Crippen molar-refractivity contribution in [2.75, 3.05) is 6.61 Å². The quantitative estimate of drug-likeness (QED) is 0.722. The van der Waals surface area contributed by atoms with Crippen LogP contribution in [0.25, 0.3) is 0 Å². The molecule has 2 saturated heterocycles. The minimum atomic E-state index is -0.183. The Morgan fingerprint density at radius 3 is 2.79 bits per heavy atom. The van der Waals surface area contributed by atoms with Crippen LogP contribution in [0.2, 0.25) is 0 Å². The first-order valence-corrected chi connectivity index (χ1v) is 6.91. The third-order valence-corrected chi connectivity index (χ3v) is 4.74. The summed E-state index contributed by atoms with van der Waals surface area (Å²) in [5.74, 6) is 0.848. The van der Waals surface area contributed by atoms with Gasteiger partial charge in [-0.05, 0) is 18.8 Å². The van der Waals surface area contributed by atoms with E-state index in [4.69, 9.17) is 4.74 Å². The van der Waals surface area contributed by atoms with Crippen molar-refractivity contribution in [2.45, 2.75) is 25.1 Å². The molecule has 0 spiro atoms. The number of hydrogen-bond acceptors (Lipinski definition) is 2. The summed E-state index contributed by atoms with van der Waals surface area (Å²) < 4.78 is 5.90. The molecule has 3 fully saturated rings. The Labute approximate surface area is 112 Å². The largest absolute Gasteiger partial charge is 0.352 e. The number of fused-ring (bicyclic) bond motifs is 3. The van der Waals surface area contributed by atoms with Gasteiger partial charge in [0.1, 0.15) is 0 Å². The molecule has 1 aromatic carbocycles. The van der Waals surface area contributed by atoms with Crippen LogP contribution in [0.1, 0.15) is 24.6 Å². The summed E-state index contributed by atoms with van der Waals surface area (Å²) in [6, 6.07) is 10.3. The van der Waals surface area contributed by atoms with E-state index in [9.17, 15) is 4.79 Å². The molecule has 19 heavy (non-hydrogen) atoms. The molecular formula is C16H17NO2. The summed E-state index contributed by atoms with van der Waals surface area (Å²) in [6.45, 7) is 4.72. The molecule has 4 atom stereocenters. The maximum absolute atomic E-state index is 12.6. The van der Waals surface area contributed by atoms with Crippen LogP contribution >= 0.6 is 0 Å². The third-order valence-electron chi connectivity index (χ3n) is 4.74. The van der Waals surface area contributed by atoms with Crippen LogP contribution in [0.4, 0.5) is 0 Å². The van der Waals surface area contributed by atoms with Crippen molar-refractivity contribution < 1.29 is 9.53 Å². The molecule has 0 radical (unpaired) electrons. The molecular weight excluding hydrogens is 238 g/mol. The van der Waals surface area contributed by atoms with Crippen molar-refractivity contribution in [1.29, 1.82) is 0 Å². The molecule has 3 aliphatic rings. The number of carbonyl (C=O) groups excluding carboxylic acids is 1. The van der Waals surface area contributed by atoms with Crippen LogP contribution in [0.15, 0.2) is 42.5 Å². The van der Waals surface area contributed by atoms with Crippen molar-refractivity contribution in [1.82, 2.24) is 4.90 Å². The van der Waals surface area contributed by atoms with Crippen molar-refractivity contribution in [3.8, 4) is 0 Å². The van der Waals surface area contributed by atoms with Gasteiger partial charge in [0.05, 0.1) is 12.6 Å². The molecule has 1 aromatic rings. The second kappa shape index (κ2) is 3.94. The van der Waals surface area contributed by atoms with E-state index in [0.717, 1.165) is 18.4 Å². The zero-order chi connectivity index (χ0) is 13.0. The van der Waals surface area contributed by atoms with Crippen molar-refractivity contribution in [3.63, 3.8) is 0 Å². The highest BCUT2D eigenvalue weighted by atomic mass is 16.5. The van der Waals surface area contributed by atoms with E-state index in [1.807, 2.05) is 35.2 Å². The molecule has 2 aliphatic heterocycles. The van der Waals surface area contributed by atoms with E-state index in [1.165, 1.54) is 5.57 Å². The number of amides is 1. The lowest BCUT2D eigenvalue weighted by Crippen LogP contribution is -2.33. The van der Waals surface area contributed by atoms with Gasteiger partial charge in [0.2, 0.25) is 5.91 Å². The molecule has 3 heteroatoms. The van der Waals surface area contributed by atoms with E-state index in [0.29, 0.717) is 12.5 Å². The summed E-state index contributed by atoms with van der Waals surface area (Å²) in [5.41, 5.74) is 2.31. The lowest BCUT2D eigenvalue weighted by molar-refractivity contribution is -0.137. The highest BCUT2D eigenvalue weighted by molar-refractivity contribution is 5.84. The number of rotatable bonds is 1. The highest BCUT2D eigenvalue weighted by Gasteiger charge is 2.56. The summed E-state index contributed by atoms with van der Waals surface area (Å²) in [5, 5.41) is 0. The highest BCUT2D eigenvalue weighted by Crippen LogP contribution is 2.50. The molecule has 2 heterocycles. The minimum Gasteiger partial charge on any atom is -0.352 e. The van der Waals surface area contributed by atoms with Gasteiger partial charge in [-0.1, -0.05) is 42.5 Å². The molecule has 1 amide bonds. The third kappa shape index (κ3) is 1.51. The molecule has 3 nitrogen and oxygen atoms in total. The van der Waals surface area contributed by atoms with Gasteiger partial charge in [-0.25, -0.2) is 0 Å². The fourth-order valence-electron chi connectivity index (χ4n) is 3.90. The summed E-state index contributed by atoms with van der Waals surface area (Å²) >= 11 is 0. The smallest absolute Gasteiger partial charge is 0.229 e. The van der Waals surface area contributed by atoms with Crippen LogP contribution in [0.5, 0.6) is 0 Å². The van der Waals surface area contributed by atoms with Gasteiger partial charge < -0.3 is 9.64 Å². The van der Waals surface area contributed by atoms with E-state index in [2.05, 4.69) is 6.58 Å². The Morgan fingerprint density at radius 1 is 1.21 bits per heavy atom. The maximum atomic E-state index is 12.6. The van der Waals surface area contributed by atoms with Gasteiger partial charge in [-0.15, -0.1) is 0 Å². The number of allylic oxidation sites excluding steroid dienone is 1. The Bertz CT molecular complexity index is 539. The van der Waals surface area contributed by atoms with Crippen LogP contribution in [-0.2, 0) is 9.53 Å². The summed E-state index contributed by atoms with van der Waals surface area (Å²) in [4.78, 5) is 14.6. The first-order valence-electron chi connectivity index (χ1n) is 6.91. The van der Waals surface area contributed by atoms with Gasteiger partial charge in [0.15, 0.2) is 6.23 Å². The zero-order valence-corrected chi connectivity index (χ0v) is 10.8. The lowest BCUT2D eigenvalue weighted by Gasteiger charge is -2.24. The molecule has 0 N–H and O–H groups in total. The van der Waals surface area contributed by atoms with E-state index in [1.54, 1.807) is 0 Å². The van der Waals surface area contributed by atoms with Gasteiger partial charge in [-0.3, -0.25) is 4.79 Å². The molecule has 1 saturated carbocycles. The Hall–Kier alpha value is -1.61. The predicted octanol–water partition coefficient (Wildman–Crippen LogP) is 2.51. The number of carbonyl (C=O) groups is 1.